The predicted octanol–water partition coefficient (Wildman–Crippen LogP) is 5.13. The van der Waals surface area contributed by atoms with E-state index < -0.39 is 23.7 Å². The summed E-state index contributed by atoms with van der Waals surface area (Å²) in [5, 5.41) is 5.37. The second-order valence-corrected chi connectivity index (χ2v) is 10.8. The van der Waals surface area contributed by atoms with Crippen molar-refractivity contribution in [3.63, 3.8) is 0 Å². The molecule has 0 aliphatic carbocycles. The third-order valence-corrected chi connectivity index (χ3v) is 6.17. The molecule has 1 aromatic carbocycles. The topological polar surface area (TPSA) is 114 Å². The van der Waals surface area contributed by atoms with Crippen molar-refractivity contribution in [2.24, 2.45) is 0 Å². The summed E-state index contributed by atoms with van der Waals surface area (Å²) in [7, 11) is 0. The molecule has 1 unspecified atom stereocenters. The first-order chi connectivity index (χ1) is 18.4. The van der Waals surface area contributed by atoms with Crippen molar-refractivity contribution in [2.45, 2.75) is 105 Å². The molecule has 0 aliphatic heterocycles. The molecule has 0 spiro atoms. The number of rotatable bonds is 16. The molecule has 0 bridgehead atoms. The van der Waals surface area contributed by atoms with Crippen LogP contribution >= 0.6 is 0 Å². The molecule has 2 N–H and O–H groups in total. The number of esters is 1. The highest BCUT2D eigenvalue weighted by atomic mass is 16.6. The molecular formula is C30H49N3O6. The average Bonchev–Trinajstić information content (AvgIpc) is 2.84. The lowest BCUT2D eigenvalue weighted by molar-refractivity contribution is -0.143. The summed E-state index contributed by atoms with van der Waals surface area (Å²) in [5.74, 6) is -1.17. The quantitative estimate of drug-likeness (QED) is 0.219. The number of nitrogens with zero attached hydrogens (tertiary/aromatic N) is 1. The van der Waals surface area contributed by atoms with Crippen LogP contribution < -0.4 is 10.6 Å². The summed E-state index contributed by atoms with van der Waals surface area (Å²) in [6.45, 7) is 13.4. The largest absolute Gasteiger partial charge is 0.466 e. The van der Waals surface area contributed by atoms with E-state index in [2.05, 4.69) is 17.6 Å². The van der Waals surface area contributed by atoms with Crippen LogP contribution in [0.2, 0.25) is 0 Å². The number of alkyl carbamates (subject to hydrolysis) is 1. The fourth-order valence-electron chi connectivity index (χ4n) is 4.33. The molecule has 9 heteroatoms. The Morgan fingerprint density at radius 1 is 0.923 bits per heavy atom. The normalized spacial score (nSPS) is 11.9. The number of carbonyl (C=O) groups is 4. The Morgan fingerprint density at radius 3 is 2.13 bits per heavy atom. The molecule has 0 saturated carbocycles. The van der Waals surface area contributed by atoms with Crippen LogP contribution in [0.5, 0.6) is 0 Å². The molecule has 1 aromatic rings. The van der Waals surface area contributed by atoms with E-state index in [0.717, 1.165) is 55.2 Å². The molecule has 0 aliphatic rings. The highest BCUT2D eigenvalue weighted by molar-refractivity contribution is 5.91. The van der Waals surface area contributed by atoms with E-state index in [0.29, 0.717) is 6.54 Å². The predicted molar refractivity (Wildman–Crippen MR) is 152 cm³/mol. The number of hydrogen-bond acceptors (Lipinski definition) is 6. The minimum absolute atomic E-state index is 0.0324. The summed E-state index contributed by atoms with van der Waals surface area (Å²) < 4.78 is 10.3. The van der Waals surface area contributed by atoms with Gasteiger partial charge in [0.15, 0.2) is 0 Å². The maximum Gasteiger partial charge on any atom is 0.408 e. The van der Waals surface area contributed by atoms with Gasteiger partial charge < -0.3 is 25.0 Å². The first kappa shape index (κ1) is 33.9. The summed E-state index contributed by atoms with van der Waals surface area (Å²) in [5.41, 5.74) is 1.79. The Bertz CT molecular complexity index is 921. The van der Waals surface area contributed by atoms with Crippen molar-refractivity contribution in [2.75, 3.05) is 26.2 Å². The van der Waals surface area contributed by atoms with Crippen LogP contribution in [0.4, 0.5) is 4.79 Å². The van der Waals surface area contributed by atoms with Gasteiger partial charge in [0.25, 0.3) is 0 Å². The van der Waals surface area contributed by atoms with Gasteiger partial charge in [-0.05, 0) is 64.7 Å². The van der Waals surface area contributed by atoms with Crippen molar-refractivity contribution in [3.8, 4) is 0 Å². The second-order valence-electron chi connectivity index (χ2n) is 10.8. The lowest BCUT2D eigenvalue weighted by Gasteiger charge is -2.33. The second kappa shape index (κ2) is 17.5. The zero-order valence-electron chi connectivity index (χ0n) is 25.0. The maximum absolute atomic E-state index is 13.7. The third-order valence-electron chi connectivity index (χ3n) is 6.17. The van der Waals surface area contributed by atoms with E-state index in [4.69, 9.17) is 9.47 Å². The van der Waals surface area contributed by atoms with E-state index in [1.807, 2.05) is 32.0 Å². The highest BCUT2D eigenvalue weighted by Crippen LogP contribution is 2.28. The molecule has 0 fully saturated rings. The standard InChI is InChI=1S/C30H49N3O6/c1-8-10-11-12-13-14-20-33(24(34)21-32-29(37)39-30(5,6)7)27(26-22(3)16-15-17-23(26)4)28(36)31-19-18-25(35)38-9-2/h15-17,27H,8-14,18-21H2,1-7H3,(H,31,36)(H,32,37). The SMILES string of the molecule is CCCCCCCCN(C(=O)CNC(=O)OC(C)(C)C)C(C(=O)NCCC(=O)OCC)c1c(C)cccc1C. The Kier molecular flexibility index (Phi) is 15.2. The molecule has 39 heavy (non-hydrogen) atoms. The molecule has 1 rings (SSSR count). The van der Waals surface area contributed by atoms with Gasteiger partial charge in [0, 0.05) is 13.1 Å². The zero-order chi connectivity index (χ0) is 29.4. The molecule has 1 atom stereocenters. The van der Waals surface area contributed by atoms with Gasteiger partial charge in [-0.1, -0.05) is 57.2 Å². The lowest BCUT2D eigenvalue weighted by atomic mass is 9.93. The van der Waals surface area contributed by atoms with Crippen molar-refractivity contribution in [1.82, 2.24) is 15.5 Å². The van der Waals surface area contributed by atoms with Crippen LogP contribution in [-0.2, 0) is 23.9 Å². The minimum Gasteiger partial charge on any atom is -0.466 e. The lowest BCUT2D eigenvalue weighted by Crippen LogP contribution is -2.48. The minimum atomic E-state index is -0.919. The number of ether oxygens (including phenoxy) is 2. The monoisotopic (exact) mass is 547 g/mol. The van der Waals surface area contributed by atoms with Crippen LogP contribution in [0, 0.1) is 13.8 Å². The van der Waals surface area contributed by atoms with E-state index in [-0.39, 0.29) is 37.9 Å². The van der Waals surface area contributed by atoms with Crippen molar-refractivity contribution >= 4 is 23.9 Å². The van der Waals surface area contributed by atoms with E-state index >= 15 is 0 Å². The van der Waals surface area contributed by atoms with Gasteiger partial charge in [-0.15, -0.1) is 0 Å². The molecule has 9 nitrogen and oxygen atoms in total. The third kappa shape index (κ3) is 13.0. The van der Waals surface area contributed by atoms with Crippen LogP contribution in [0.1, 0.15) is 102 Å². The zero-order valence-corrected chi connectivity index (χ0v) is 25.0. The van der Waals surface area contributed by atoms with Crippen LogP contribution in [0.15, 0.2) is 18.2 Å². The molecule has 0 radical (unpaired) electrons. The molecule has 3 amide bonds. The van der Waals surface area contributed by atoms with Gasteiger partial charge in [0.05, 0.1) is 13.0 Å². The van der Waals surface area contributed by atoms with Gasteiger partial charge in [-0.25, -0.2) is 4.79 Å². The number of amides is 3. The average molecular weight is 548 g/mol. The molecule has 220 valence electrons. The first-order valence-electron chi connectivity index (χ1n) is 14.2. The number of benzene rings is 1. The fourth-order valence-corrected chi connectivity index (χ4v) is 4.33. The summed E-state index contributed by atoms with van der Waals surface area (Å²) in [4.78, 5) is 52.9. The summed E-state index contributed by atoms with van der Waals surface area (Å²) in [6.07, 6.45) is 5.46. The molecular weight excluding hydrogens is 498 g/mol. The first-order valence-corrected chi connectivity index (χ1v) is 14.2. The van der Waals surface area contributed by atoms with Crippen molar-refractivity contribution in [3.05, 3.63) is 34.9 Å². The van der Waals surface area contributed by atoms with Gasteiger partial charge in [-0.2, -0.15) is 0 Å². The number of carbonyl (C=O) groups excluding carboxylic acids is 4. The summed E-state index contributed by atoms with van der Waals surface area (Å²) >= 11 is 0. The van der Waals surface area contributed by atoms with Gasteiger partial charge in [0.1, 0.15) is 18.2 Å². The molecule has 0 aromatic heterocycles. The van der Waals surface area contributed by atoms with Crippen molar-refractivity contribution < 1.29 is 28.7 Å². The Labute approximate surface area is 234 Å². The highest BCUT2D eigenvalue weighted by Gasteiger charge is 2.33. The van der Waals surface area contributed by atoms with E-state index in [1.54, 1.807) is 32.6 Å². The van der Waals surface area contributed by atoms with Crippen LogP contribution in [-0.4, -0.2) is 60.6 Å². The Balaban J connectivity index is 3.24. The Hall–Kier alpha value is -3.10. The smallest absolute Gasteiger partial charge is 0.408 e. The van der Waals surface area contributed by atoms with E-state index in [1.165, 1.54) is 0 Å². The van der Waals surface area contributed by atoms with Crippen molar-refractivity contribution in [1.29, 1.82) is 0 Å². The van der Waals surface area contributed by atoms with Gasteiger partial charge in [-0.3, -0.25) is 14.4 Å². The van der Waals surface area contributed by atoms with Gasteiger partial charge in [0.2, 0.25) is 11.8 Å². The van der Waals surface area contributed by atoms with Gasteiger partial charge >= 0.3 is 12.1 Å². The molecule has 0 heterocycles. The van der Waals surface area contributed by atoms with E-state index in [9.17, 15) is 19.2 Å². The fraction of sp³-hybridized carbons (Fsp3) is 0.667. The Morgan fingerprint density at radius 2 is 1.54 bits per heavy atom. The summed E-state index contributed by atoms with van der Waals surface area (Å²) in [6, 6.07) is 4.81. The number of unbranched alkanes of at least 4 members (excludes halogenated alkanes) is 5. The van der Waals surface area contributed by atoms with Crippen LogP contribution in [0.3, 0.4) is 0 Å². The van der Waals surface area contributed by atoms with Crippen LogP contribution in [0.25, 0.3) is 0 Å². The number of nitrogens with one attached hydrogen (secondary N) is 2. The molecule has 0 saturated heterocycles. The number of aryl methyl sites for hydroxylation is 2. The maximum atomic E-state index is 13.7. The number of hydrogen-bond donors (Lipinski definition) is 2.